The average Bonchev–Trinajstić information content (AvgIpc) is 2.76. The molecule has 17 heavy (non-hydrogen) atoms. The van der Waals surface area contributed by atoms with Crippen LogP contribution in [0, 0.1) is 11.3 Å². The molecule has 1 unspecified atom stereocenters. The van der Waals surface area contributed by atoms with E-state index in [4.69, 9.17) is 5.26 Å². The summed E-state index contributed by atoms with van der Waals surface area (Å²) in [5.41, 5.74) is 1.65. The van der Waals surface area contributed by atoms with Crippen molar-refractivity contribution in [3.8, 4) is 6.07 Å². The van der Waals surface area contributed by atoms with Gasteiger partial charge in [-0.3, -0.25) is 0 Å². The normalized spacial score (nSPS) is 11.8. The van der Waals surface area contributed by atoms with Crippen molar-refractivity contribution in [2.45, 2.75) is 13.0 Å². The lowest BCUT2D eigenvalue weighted by Gasteiger charge is -2.13. The predicted molar refractivity (Wildman–Crippen MR) is 75.2 cm³/mol. The van der Waals surface area contributed by atoms with Gasteiger partial charge < -0.3 is 5.32 Å². The van der Waals surface area contributed by atoms with Gasteiger partial charge >= 0.3 is 0 Å². The van der Waals surface area contributed by atoms with E-state index in [1.165, 1.54) is 4.88 Å². The van der Waals surface area contributed by atoms with E-state index in [1.807, 2.05) is 18.2 Å². The Morgan fingerprint density at radius 2 is 2.24 bits per heavy atom. The SMILES string of the molecule is CC(Nc1cccc(C#N)c1)c1cc(Br)cs1. The van der Waals surface area contributed by atoms with Gasteiger partial charge in [-0.1, -0.05) is 6.07 Å². The van der Waals surface area contributed by atoms with Crippen LogP contribution in [0.15, 0.2) is 40.2 Å². The molecule has 0 aliphatic rings. The van der Waals surface area contributed by atoms with Crippen LogP contribution in [0.2, 0.25) is 0 Å². The van der Waals surface area contributed by atoms with Gasteiger partial charge in [-0.2, -0.15) is 5.26 Å². The molecule has 1 heterocycles. The summed E-state index contributed by atoms with van der Waals surface area (Å²) >= 11 is 5.16. The van der Waals surface area contributed by atoms with Gasteiger partial charge in [0.25, 0.3) is 0 Å². The minimum atomic E-state index is 0.236. The van der Waals surface area contributed by atoms with Crippen LogP contribution >= 0.6 is 27.3 Å². The van der Waals surface area contributed by atoms with Crippen molar-refractivity contribution in [2.75, 3.05) is 5.32 Å². The van der Waals surface area contributed by atoms with Gasteiger partial charge in [0.1, 0.15) is 0 Å². The van der Waals surface area contributed by atoms with Gasteiger partial charge in [-0.25, -0.2) is 0 Å². The Bertz CT molecular complexity index is 557. The third-order valence-electron chi connectivity index (χ3n) is 2.39. The number of anilines is 1. The van der Waals surface area contributed by atoms with E-state index < -0.39 is 0 Å². The molecular weight excluding hydrogens is 296 g/mol. The molecule has 0 fully saturated rings. The zero-order valence-electron chi connectivity index (χ0n) is 9.27. The Morgan fingerprint density at radius 1 is 1.41 bits per heavy atom. The first kappa shape index (κ1) is 12.2. The van der Waals surface area contributed by atoms with E-state index in [9.17, 15) is 0 Å². The highest BCUT2D eigenvalue weighted by atomic mass is 79.9. The van der Waals surface area contributed by atoms with Crippen LogP contribution in [0.25, 0.3) is 0 Å². The van der Waals surface area contributed by atoms with Crippen molar-refractivity contribution in [2.24, 2.45) is 0 Å². The Morgan fingerprint density at radius 3 is 2.88 bits per heavy atom. The van der Waals surface area contributed by atoms with E-state index in [1.54, 1.807) is 17.4 Å². The van der Waals surface area contributed by atoms with Gasteiger partial charge in [0.2, 0.25) is 0 Å². The zero-order chi connectivity index (χ0) is 12.3. The number of rotatable bonds is 3. The van der Waals surface area contributed by atoms with E-state index in [0.717, 1.165) is 10.2 Å². The minimum absolute atomic E-state index is 0.236. The van der Waals surface area contributed by atoms with Gasteiger partial charge in [0.15, 0.2) is 0 Å². The Balaban J connectivity index is 2.13. The molecule has 2 rings (SSSR count). The smallest absolute Gasteiger partial charge is 0.0992 e. The monoisotopic (exact) mass is 306 g/mol. The molecule has 0 aliphatic heterocycles. The average molecular weight is 307 g/mol. The molecule has 0 radical (unpaired) electrons. The van der Waals surface area contributed by atoms with E-state index in [0.29, 0.717) is 5.56 Å². The molecule has 2 aromatic rings. The van der Waals surface area contributed by atoms with Crippen molar-refractivity contribution >= 4 is 33.0 Å². The zero-order valence-corrected chi connectivity index (χ0v) is 11.7. The number of nitrogens with one attached hydrogen (secondary N) is 1. The first-order valence-electron chi connectivity index (χ1n) is 5.19. The first-order valence-corrected chi connectivity index (χ1v) is 6.87. The maximum atomic E-state index is 8.83. The van der Waals surface area contributed by atoms with Crippen LogP contribution < -0.4 is 5.32 Å². The molecular formula is C13H11BrN2S. The first-order chi connectivity index (χ1) is 8.19. The molecule has 0 bridgehead atoms. The molecule has 2 nitrogen and oxygen atoms in total. The van der Waals surface area contributed by atoms with Crippen LogP contribution in [-0.4, -0.2) is 0 Å². The van der Waals surface area contributed by atoms with Crippen LogP contribution in [-0.2, 0) is 0 Å². The summed E-state index contributed by atoms with van der Waals surface area (Å²) in [7, 11) is 0. The molecule has 1 aromatic heterocycles. The molecule has 0 saturated heterocycles. The standard InChI is InChI=1S/C13H11BrN2S/c1-9(13-6-11(14)8-17-13)16-12-4-2-3-10(5-12)7-15/h2-6,8-9,16H,1H3. The second kappa shape index (κ2) is 5.35. The highest BCUT2D eigenvalue weighted by Crippen LogP contribution is 2.27. The number of hydrogen-bond donors (Lipinski definition) is 1. The van der Waals surface area contributed by atoms with Crippen molar-refractivity contribution < 1.29 is 0 Å². The molecule has 1 N–H and O–H groups in total. The van der Waals surface area contributed by atoms with E-state index >= 15 is 0 Å². The van der Waals surface area contributed by atoms with Crippen molar-refractivity contribution in [1.29, 1.82) is 5.26 Å². The number of hydrogen-bond acceptors (Lipinski definition) is 3. The fourth-order valence-corrected chi connectivity index (χ4v) is 3.01. The number of halogens is 1. The molecule has 0 aliphatic carbocycles. The van der Waals surface area contributed by atoms with Crippen LogP contribution in [0.3, 0.4) is 0 Å². The predicted octanol–water partition coefficient (Wildman–Crippen LogP) is 4.56. The fourth-order valence-electron chi connectivity index (χ4n) is 1.55. The highest BCUT2D eigenvalue weighted by Gasteiger charge is 2.07. The van der Waals surface area contributed by atoms with E-state index in [2.05, 4.69) is 45.7 Å². The van der Waals surface area contributed by atoms with Crippen LogP contribution in [0.1, 0.15) is 23.4 Å². The molecule has 4 heteroatoms. The highest BCUT2D eigenvalue weighted by molar-refractivity contribution is 9.10. The largest absolute Gasteiger partial charge is 0.378 e. The van der Waals surface area contributed by atoms with Gasteiger partial charge in [0, 0.05) is 20.4 Å². The third kappa shape index (κ3) is 3.09. The van der Waals surface area contributed by atoms with Crippen molar-refractivity contribution in [3.63, 3.8) is 0 Å². The van der Waals surface area contributed by atoms with Crippen molar-refractivity contribution in [3.05, 3.63) is 50.6 Å². The Labute approximate surface area is 113 Å². The topological polar surface area (TPSA) is 35.8 Å². The summed E-state index contributed by atoms with van der Waals surface area (Å²) in [5, 5.41) is 14.3. The molecule has 0 amide bonds. The number of nitriles is 1. The summed E-state index contributed by atoms with van der Waals surface area (Å²) in [6.07, 6.45) is 0. The molecule has 86 valence electrons. The minimum Gasteiger partial charge on any atom is -0.378 e. The quantitative estimate of drug-likeness (QED) is 0.902. The molecule has 1 aromatic carbocycles. The number of thiophene rings is 1. The number of nitrogens with zero attached hydrogens (tertiary/aromatic N) is 1. The van der Waals surface area contributed by atoms with Gasteiger partial charge in [-0.15, -0.1) is 11.3 Å². The third-order valence-corrected chi connectivity index (χ3v) is 4.27. The lowest BCUT2D eigenvalue weighted by Crippen LogP contribution is -2.04. The lowest BCUT2D eigenvalue weighted by molar-refractivity contribution is 0.907. The van der Waals surface area contributed by atoms with Gasteiger partial charge in [-0.05, 0) is 47.1 Å². The summed E-state index contributed by atoms with van der Waals surface area (Å²) in [6.45, 7) is 2.11. The Kier molecular flexibility index (Phi) is 3.82. The summed E-state index contributed by atoms with van der Waals surface area (Å²) in [4.78, 5) is 1.26. The fraction of sp³-hybridized carbons (Fsp3) is 0.154. The summed E-state index contributed by atoms with van der Waals surface area (Å²) in [6, 6.07) is 12.0. The van der Waals surface area contributed by atoms with Crippen LogP contribution in [0.5, 0.6) is 0 Å². The molecule has 0 spiro atoms. The maximum absolute atomic E-state index is 8.83. The van der Waals surface area contributed by atoms with E-state index in [-0.39, 0.29) is 6.04 Å². The molecule has 1 atom stereocenters. The summed E-state index contributed by atoms with van der Waals surface area (Å²) < 4.78 is 1.11. The maximum Gasteiger partial charge on any atom is 0.0992 e. The number of benzene rings is 1. The second-order valence-corrected chi connectivity index (χ2v) is 5.58. The molecule has 0 saturated carbocycles. The van der Waals surface area contributed by atoms with Crippen molar-refractivity contribution in [1.82, 2.24) is 0 Å². The lowest BCUT2D eigenvalue weighted by atomic mass is 10.2. The Hall–Kier alpha value is -1.31. The van der Waals surface area contributed by atoms with Gasteiger partial charge in [0.05, 0.1) is 17.7 Å². The summed E-state index contributed by atoms with van der Waals surface area (Å²) in [5.74, 6) is 0. The second-order valence-electron chi connectivity index (χ2n) is 3.73. The van der Waals surface area contributed by atoms with Crippen LogP contribution in [0.4, 0.5) is 5.69 Å².